The van der Waals surface area contributed by atoms with E-state index >= 15 is 0 Å². The second-order valence-electron chi connectivity index (χ2n) is 5.71. The van der Waals surface area contributed by atoms with Crippen molar-refractivity contribution < 1.29 is 9.28 Å². The number of amides is 1. The van der Waals surface area contributed by atoms with Gasteiger partial charge in [0.25, 0.3) is 0 Å². The Kier molecular flexibility index (Phi) is 3.87. The molecule has 3 aliphatic rings. The molecular formula is C14H25N2O+. The van der Waals surface area contributed by atoms with E-state index in [-0.39, 0.29) is 5.91 Å². The number of hydrogen-bond acceptors (Lipinski definition) is 1. The van der Waals surface area contributed by atoms with Crippen molar-refractivity contribution in [1.82, 2.24) is 5.32 Å². The summed E-state index contributed by atoms with van der Waals surface area (Å²) in [4.78, 5) is 11.4. The van der Waals surface area contributed by atoms with E-state index in [1.165, 1.54) is 55.9 Å². The minimum absolute atomic E-state index is 0.00242. The van der Waals surface area contributed by atoms with Crippen LogP contribution in [0.25, 0.3) is 0 Å². The Morgan fingerprint density at radius 1 is 1.47 bits per heavy atom. The fourth-order valence-corrected chi connectivity index (χ4v) is 3.50. The molecule has 96 valence electrons. The standard InChI is InChI=1S/C14H24N2O/c1-3-5-8-16-9-6-12(7-10-16)13(11-16)15-14(17)4-2/h4,12-13H,2-3,5-11H2,1H3/p+1. The van der Waals surface area contributed by atoms with Crippen molar-refractivity contribution in [2.24, 2.45) is 5.92 Å². The lowest BCUT2D eigenvalue weighted by Crippen LogP contribution is -2.67. The van der Waals surface area contributed by atoms with Crippen molar-refractivity contribution in [3.8, 4) is 0 Å². The van der Waals surface area contributed by atoms with Gasteiger partial charge in [-0.25, -0.2) is 0 Å². The van der Waals surface area contributed by atoms with Crippen LogP contribution in [0, 0.1) is 5.92 Å². The third kappa shape index (κ3) is 2.71. The number of rotatable bonds is 5. The van der Waals surface area contributed by atoms with Gasteiger partial charge in [-0.2, -0.15) is 0 Å². The first-order valence-corrected chi connectivity index (χ1v) is 6.97. The second-order valence-corrected chi connectivity index (χ2v) is 5.71. The van der Waals surface area contributed by atoms with Crippen LogP contribution in [0.3, 0.4) is 0 Å². The minimum Gasteiger partial charge on any atom is -0.344 e. The Labute approximate surface area is 104 Å². The highest BCUT2D eigenvalue weighted by molar-refractivity contribution is 5.87. The van der Waals surface area contributed by atoms with E-state index in [1.807, 2.05) is 0 Å². The molecule has 1 atom stereocenters. The van der Waals surface area contributed by atoms with Gasteiger partial charge in [-0.3, -0.25) is 4.79 Å². The van der Waals surface area contributed by atoms with Crippen LogP contribution in [0.2, 0.25) is 0 Å². The predicted molar refractivity (Wildman–Crippen MR) is 69.5 cm³/mol. The Hall–Kier alpha value is -0.830. The van der Waals surface area contributed by atoms with Gasteiger partial charge in [0.1, 0.15) is 0 Å². The van der Waals surface area contributed by atoms with Gasteiger partial charge in [0.15, 0.2) is 0 Å². The van der Waals surface area contributed by atoms with E-state index in [1.54, 1.807) is 0 Å². The van der Waals surface area contributed by atoms with Crippen LogP contribution < -0.4 is 5.32 Å². The first-order chi connectivity index (χ1) is 8.19. The van der Waals surface area contributed by atoms with Crippen molar-refractivity contribution >= 4 is 5.91 Å². The molecule has 3 fully saturated rings. The third-order valence-corrected chi connectivity index (χ3v) is 4.60. The molecule has 0 aliphatic carbocycles. The van der Waals surface area contributed by atoms with Crippen LogP contribution in [0.4, 0.5) is 0 Å². The monoisotopic (exact) mass is 237 g/mol. The number of hydrogen-bond donors (Lipinski definition) is 1. The van der Waals surface area contributed by atoms with Crippen molar-refractivity contribution in [2.45, 2.75) is 38.6 Å². The smallest absolute Gasteiger partial charge is 0.243 e. The Morgan fingerprint density at radius 2 is 2.18 bits per heavy atom. The van der Waals surface area contributed by atoms with E-state index in [0.717, 1.165) is 6.54 Å². The maximum Gasteiger partial charge on any atom is 0.243 e. The molecule has 3 rings (SSSR count). The first-order valence-electron chi connectivity index (χ1n) is 6.97. The molecule has 3 aliphatic heterocycles. The summed E-state index contributed by atoms with van der Waals surface area (Å²) < 4.78 is 1.24. The summed E-state index contributed by atoms with van der Waals surface area (Å²) in [6.07, 6.45) is 6.55. The summed E-state index contributed by atoms with van der Waals surface area (Å²) in [6, 6.07) is 0.389. The highest BCUT2D eigenvalue weighted by Gasteiger charge is 2.45. The SMILES string of the molecule is C=CC(=O)NC1C[N+]2(CCCC)CCC1CC2. The number of quaternary nitrogens is 1. The van der Waals surface area contributed by atoms with Gasteiger partial charge in [0.05, 0.1) is 32.2 Å². The summed E-state index contributed by atoms with van der Waals surface area (Å²) in [5, 5.41) is 3.13. The third-order valence-electron chi connectivity index (χ3n) is 4.60. The van der Waals surface area contributed by atoms with E-state index in [9.17, 15) is 4.79 Å². The van der Waals surface area contributed by atoms with Crippen LogP contribution in [-0.4, -0.2) is 42.6 Å². The maximum atomic E-state index is 11.4. The highest BCUT2D eigenvalue weighted by Crippen LogP contribution is 2.34. The average Bonchev–Trinajstić information content (AvgIpc) is 2.37. The van der Waals surface area contributed by atoms with Crippen molar-refractivity contribution in [1.29, 1.82) is 0 Å². The number of unbranched alkanes of at least 4 members (excludes halogenated alkanes) is 1. The van der Waals surface area contributed by atoms with Crippen molar-refractivity contribution in [2.75, 3.05) is 26.2 Å². The highest BCUT2D eigenvalue weighted by atomic mass is 16.1. The van der Waals surface area contributed by atoms with Gasteiger partial charge < -0.3 is 9.80 Å². The molecule has 3 heteroatoms. The number of nitrogens with zero attached hydrogens (tertiary/aromatic N) is 1. The van der Waals surface area contributed by atoms with Gasteiger partial charge in [-0.15, -0.1) is 0 Å². The molecule has 2 bridgehead atoms. The topological polar surface area (TPSA) is 29.1 Å². The lowest BCUT2D eigenvalue weighted by molar-refractivity contribution is -0.944. The van der Waals surface area contributed by atoms with E-state index in [2.05, 4.69) is 18.8 Å². The van der Waals surface area contributed by atoms with Gasteiger partial charge in [0, 0.05) is 12.8 Å². The minimum atomic E-state index is -0.00242. The summed E-state index contributed by atoms with van der Waals surface area (Å²) in [5.74, 6) is 0.706. The molecule has 3 saturated heterocycles. The summed E-state index contributed by atoms with van der Waals surface area (Å²) >= 11 is 0. The number of fused-ring (bicyclic) bond motifs is 3. The van der Waals surface area contributed by atoms with Crippen LogP contribution in [-0.2, 0) is 4.79 Å². The lowest BCUT2D eigenvalue weighted by atomic mass is 9.81. The fraction of sp³-hybridized carbons (Fsp3) is 0.786. The normalized spacial score (nSPS) is 35.6. The molecule has 0 spiro atoms. The number of piperidine rings is 3. The molecule has 0 aromatic rings. The van der Waals surface area contributed by atoms with Gasteiger partial charge >= 0.3 is 0 Å². The average molecular weight is 237 g/mol. The second kappa shape index (κ2) is 5.21. The van der Waals surface area contributed by atoms with Crippen LogP contribution in [0.15, 0.2) is 12.7 Å². The molecule has 0 saturated carbocycles. The molecular weight excluding hydrogens is 212 g/mol. The molecule has 3 heterocycles. The number of carbonyl (C=O) groups excluding carboxylic acids is 1. The largest absolute Gasteiger partial charge is 0.344 e. The molecule has 0 aromatic carbocycles. The predicted octanol–water partition coefficient (Wildman–Crippen LogP) is 1.70. The van der Waals surface area contributed by atoms with Crippen LogP contribution in [0.5, 0.6) is 0 Å². The number of nitrogens with one attached hydrogen (secondary N) is 1. The van der Waals surface area contributed by atoms with E-state index in [4.69, 9.17) is 0 Å². The summed E-state index contributed by atoms with van der Waals surface area (Å²) in [6.45, 7) is 10.9. The van der Waals surface area contributed by atoms with Crippen LogP contribution >= 0.6 is 0 Å². The zero-order valence-corrected chi connectivity index (χ0v) is 11.0. The fourth-order valence-electron chi connectivity index (χ4n) is 3.50. The first kappa shape index (κ1) is 12.6. The Morgan fingerprint density at radius 3 is 2.76 bits per heavy atom. The molecule has 0 aromatic heterocycles. The van der Waals surface area contributed by atoms with Crippen molar-refractivity contribution in [3.05, 3.63) is 12.7 Å². The molecule has 0 radical (unpaired) electrons. The van der Waals surface area contributed by atoms with Gasteiger partial charge in [-0.05, 0) is 18.4 Å². The maximum absolute atomic E-state index is 11.4. The van der Waals surface area contributed by atoms with Crippen LogP contribution in [0.1, 0.15) is 32.6 Å². The quantitative estimate of drug-likeness (QED) is 0.572. The lowest BCUT2D eigenvalue weighted by Gasteiger charge is -2.52. The van der Waals surface area contributed by atoms with E-state index < -0.39 is 0 Å². The Balaban J connectivity index is 1.97. The molecule has 3 nitrogen and oxygen atoms in total. The van der Waals surface area contributed by atoms with Gasteiger partial charge in [-0.1, -0.05) is 19.9 Å². The zero-order valence-electron chi connectivity index (χ0n) is 11.0. The summed E-state index contributed by atoms with van der Waals surface area (Å²) in [5.41, 5.74) is 0. The zero-order chi connectivity index (χ0) is 12.3. The molecule has 17 heavy (non-hydrogen) atoms. The molecule has 1 unspecified atom stereocenters. The van der Waals surface area contributed by atoms with Gasteiger partial charge in [0.2, 0.25) is 5.91 Å². The number of carbonyl (C=O) groups is 1. The molecule has 1 N–H and O–H groups in total. The summed E-state index contributed by atoms with van der Waals surface area (Å²) in [7, 11) is 0. The molecule has 1 amide bonds. The Bertz CT molecular complexity index is 293. The van der Waals surface area contributed by atoms with Crippen molar-refractivity contribution in [3.63, 3.8) is 0 Å². The van der Waals surface area contributed by atoms with E-state index in [0.29, 0.717) is 12.0 Å².